The summed E-state index contributed by atoms with van der Waals surface area (Å²) in [4.78, 5) is 10.3. The van der Waals surface area contributed by atoms with Crippen molar-refractivity contribution >= 4 is 35.7 Å². The Hall–Kier alpha value is 0.185. The summed E-state index contributed by atoms with van der Waals surface area (Å²) in [6.45, 7) is 0. The molecule has 0 bridgehead atoms. The molecule has 0 aromatic rings. The van der Waals surface area contributed by atoms with Crippen LogP contribution >= 0.6 is 22.6 Å². The fraction of sp³-hybridized carbons (Fsp3) is 0.833. The van der Waals surface area contributed by atoms with Crippen molar-refractivity contribution in [2.24, 2.45) is 0 Å². The van der Waals surface area contributed by atoms with E-state index < -0.39 is 13.1 Å². The summed E-state index contributed by atoms with van der Waals surface area (Å²) in [5.74, 6) is -0.876. The molecule has 4 nitrogen and oxygen atoms in total. The predicted molar refractivity (Wildman–Crippen MR) is 52.1 cm³/mol. The van der Waals surface area contributed by atoms with Gasteiger partial charge >= 0.3 is 13.1 Å². The minimum atomic E-state index is -0.876. The molecule has 6 heteroatoms. The Morgan fingerprint density at radius 1 is 1.67 bits per heavy atom. The minimum absolute atomic E-state index is 0.0135. The maximum Gasteiger partial charge on any atom is 0.468 e. The van der Waals surface area contributed by atoms with E-state index in [2.05, 4.69) is 22.6 Å². The summed E-state index contributed by atoms with van der Waals surface area (Å²) >= 11 is 2.10. The second-order valence-electron chi connectivity index (χ2n) is 2.84. The van der Waals surface area contributed by atoms with Crippen LogP contribution in [0.3, 0.4) is 0 Å². The molecule has 0 radical (unpaired) electrons. The van der Waals surface area contributed by atoms with Crippen LogP contribution in [0.2, 0.25) is 0 Å². The Morgan fingerprint density at radius 2 is 2.33 bits per heavy atom. The summed E-state index contributed by atoms with van der Waals surface area (Å²) in [6, 6.07) is 0. The third-order valence-corrected chi connectivity index (χ3v) is 3.05. The summed E-state index contributed by atoms with van der Waals surface area (Å²) in [7, 11) is -0.802. The molecule has 2 atom stereocenters. The summed E-state index contributed by atoms with van der Waals surface area (Å²) in [6.07, 6.45) is 1.21. The molecular formula is C6H10BIO4. The molecule has 0 aromatic carbocycles. The lowest BCUT2D eigenvalue weighted by Crippen LogP contribution is -2.40. The van der Waals surface area contributed by atoms with E-state index in [9.17, 15) is 9.82 Å². The highest BCUT2D eigenvalue weighted by atomic mass is 127. The normalized spacial score (nSPS) is 30.3. The second kappa shape index (κ2) is 4.43. The van der Waals surface area contributed by atoms with Gasteiger partial charge in [0.2, 0.25) is 0 Å². The van der Waals surface area contributed by atoms with Gasteiger partial charge in [0.1, 0.15) is 0 Å². The molecular weight excluding hydrogens is 274 g/mol. The zero-order valence-electron chi connectivity index (χ0n) is 6.44. The lowest BCUT2D eigenvalue weighted by molar-refractivity contribution is -0.139. The molecule has 1 fully saturated rings. The first-order chi connectivity index (χ1) is 5.59. The van der Waals surface area contributed by atoms with Gasteiger partial charge in [-0.25, -0.2) is 0 Å². The number of aliphatic carboxylic acids is 1. The average molecular weight is 284 g/mol. The van der Waals surface area contributed by atoms with Crippen molar-refractivity contribution in [2.75, 3.05) is 0 Å². The van der Waals surface area contributed by atoms with Crippen LogP contribution in [0.4, 0.5) is 0 Å². The molecule has 1 aliphatic heterocycles. The van der Waals surface area contributed by atoms with E-state index in [1.54, 1.807) is 0 Å². The molecule has 1 heterocycles. The Bertz CT molecular complexity index is 177. The van der Waals surface area contributed by atoms with Crippen LogP contribution in [0.15, 0.2) is 0 Å². The van der Waals surface area contributed by atoms with Crippen molar-refractivity contribution in [1.29, 1.82) is 0 Å². The van der Waals surface area contributed by atoms with Crippen LogP contribution < -0.4 is 0 Å². The van der Waals surface area contributed by atoms with Crippen molar-refractivity contribution in [3.05, 3.63) is 0 Å². The first kappa shape index (κ1) is 10.3. The van der Waals surface area contributed by atoms with Crippen LogP contribution in [0.1, 0.15) is 19.3 Å². The molecule has 0 aliphatic carbocycles. The molecule has 68 valence electrons. The molecule has 0 unspecified atom stereocenters. The zero-order valence-corrected chi connectivity index (χ0v) is 8.60. The molecule has 0 spiro atoms. The SMILES string of the molecule is O=C(O)C[C@@H]1CC[C@H](I)B(O)O1. The van der Waals surface area contributed by atoms with Gasteiger partial charge in [0, 0.05) is 3.82 Å². The topological polar surface area (TPSA) is 66.8 Å². The number of carboxylic acids is 1. The van der Waals surface area contributed by atoms with Crippen LogP contribution in [0.25, 0.3) is 0 Å². The number of rotatable bonds is 2. The van der Waals surface area contributed by atoms with Crippen molar-refractivity contribution in [2.45, 2.75) is 29.2 Å². The molecule has 12 heavy (non-hydrogen) atoms. The first-order valence-corrected chi connectivity index (χ1v) is 5.03. The maximum absolute atomic E-state index is 10.3. The van der Waals surface area contributed by atoms with Crippen molar-refractivity contribution in [3.63, 3.8) is 0 Å². The van der Waals surface area contributed by atoms with Gasteiger partial charge in [-0.1, -0.05) is 22.6 Å². The molecule has 0 saturated carbocycles. The van der Waals surface area contributed by atoms with Gasteiger partial charge in [0.05, 0.1) is 12.5 Å². The van der Waals surface area contributed by atoms with Crippen molar-refractivity contribution < 1.29 is 19.6 Å². The predicted octanol–water partition coefficient (Wildman–Crippen LogP) is 0.463. The van der Waals surface area contributed by atoms with Crippen molar-refractivity contribution in [1.82, 2.24) is 0 Å². The average Bonchev–Trinajstić information content (AvgIpc) is 1.96. The Kier molecular flexibility index (Phi) is 3.79. The van der Waals surface area contributed by atoms with E-state index in [1.807, 2.05) is 0 Å². The van der Waals surface area contributed by atoms with E-state index in [0.717, 1.165) is 12.8 Å². The van der Waals surface area contributed by atoms with Crippen molar-refractivity contribution in [3.8, 4) is 0 Å². The summed E-state index contributed by atoms with van der Waals surface area (Å²) in [5, 5.41) is 17.7. The van der Waals surface area contributed by atoms with Gasteiger partial charge in [0.25, 0.3) is 0 Å². The number of alkyl halides is 1. The van der Waals surface area contributed by atoms with E-state index in [4.69, 9.17) is 9.76 Å². The minimum Gasteiger partial charge on any atom is -0.481 e. The van der Waals surface area contributed by atoms with Gasteiger partial charge in [-0.2, -0.15) is 0 Å². The third kappa shape index (κ3) is 2.91. The van der Waals surface area contributed by atoms with Gasteiger partial charge in [-0.15, -0.1) is 0 Å². The van der Waals surface area contributed by atoms with Gasteiger partial charge in [-0.05, 0) is 12.8 Å². The van der Waals surface area contributed by atoms with E-state index in [-0.39, 0.29) is 16.3 Å². The summed E-state index contributed by atoms with van der Waals surface area (Å²) in [5.41, 5.74) is 0. The van der Waals surface area contributed by atoms with E-state index >= 15 is 0 Å². The number of halogens is 1. The Balaban J connectivity index is 2.35. The quantitative estimate of drug-likeness (QED) is 0.439. The van der Waals surface area contributed by atoms with Gasteiger partial charge in [-0.3, -0.25) is 4.79 Å². The third-order valence-electron chi connectivity index (χ3n) is 1.81. The molecule has 0 aromatic heterocycles. The smallest absolute Gasteiger partial charge is 0.468 e. The first-order valence-electron chi connectivity index (χ1n) is 3.79. The molecule has 1 saturated heterocycles. The highest BCUT2D eigenvalue weighted by molar-refractivity contribution is 14.1. The number of carbonyl (C=O) groups is 1. The summed E-state index contributed by atoms with van der Waals surface area (Å²) < 4.78 is 5.17. The van der Waals surface area contributed by atoms with Gasteiger partial charge < -0.3 is 14.8 Å². The van der Waals surface area contributed by atoms with Crippen LogP contribution in [0.5, 0.6) is 0 Å². The fourth-order valence-corrected chi connectivity index (χ4v) is 1.71. The maximum atomic E-state index is 10.3. The zero-order chi connectivity index (χ0) is 9.14. The Morgan fingerprint density at radius 3 is 2.83 bits per heavy atom. The second-order valence-corrected chi connectivity index (χ2v) is 4.44. The van der Waals surface area contributed by atoms with E-state index in [0.29, 0.717) is 0 Å². The highest BCUT2D eigenvalue weighted by Gasteiger charge is 2.33. The van der Waals surface area contributed by atoms with Gasteiger partial charge in [0.15, 0.2) is 0 Å². The number of carboxylic acid groups (broad SMARTS) is 1. The van der Waals surface area contributed by atoms with Crippen LogP contribution in [0, 0.1) is 0 Å². The lowest BCUT2D eigenvalue weighted by atomic mass is 9.78. The van der Waals surface area contributed by atoms with E-state index in [1.165, 1.54) is 0 Å². The van der Waals surface area contributed by atoms with Crippen LogP contribution in [-0.2, 0) is 9.45 Å². The molecule has 1 aliphatic rings. The molecule has 2 N–H and O–H groups in total. The molecule has 0 amide bonds. The number of hydrogen-bond acceptors (Lipinski definition) is 3. The molecule has 1 rings (SSSR count). The Labute approximate surface area is 84.6 Å². The number of hydrogen-bond donors (Lipinski definition) is 2. The lowest BCUT2D eigenvalue weighted by Gasteiger charge is -2.27. The monoisotopic (exact) mass is 284 g/mol. The largest absolute Gasteiger partial charge is 0.481 e. The highest BCUT2D eigenvalue weighted by Crippen LogP contribution is 2.23. The standard InChI is InChI=1S/C6H10BIO4/c8-5-2-1-4(3-6(9)10)12-7(5)11/h4-5,11H,1-3H2,(H,9,10)/t4-,5-/m0/s1. The van der Waals surface area contributed by atoms with Crippen LogP contribution in [-0.4, -0.2) is 33.1 Å². The fourth-order valence-electron chi connectivity index (χ4n) is 1.18.